The first-order chi connectivity index (χ1) is 12.2. The van der Waals surface area contributed by atoms with Gasteiger partial charge in [-0.3, -0.25) is 10.1 Å². The molecule has 0 atom stereocenters. The number of nitro groups is 1. The predicted octanol–water partition coefficient (Wildman–Crippen LogP) is 3.17. The largest absolute Gasteiger partial charge is 0.421 e. The van der Waals surface area contributed by atoms with E-state index >= 15 is 0 Å². The molecule has 25 heavy (non-hydrogen) atoms. The van der Waals surface area contributed by atoms with Gasteiger partial charge < -0.3 is 9.73 Å². The van der Waals surface area contributed by atoms with Gasteiger partial charge in [-0.15, -0.1) is 10.2 Å². The van der Waals surface area contributed by atoms with Gasteiger partial charge in [-0.25, -0.2) is 0 Å². The SMILES string of the molecule is N#Cc1cc([N+](=O)[O-])ccc1NCCc1nnc(-c2ccccc2)o1. The molecule has 0 radical (unpaired) electrons. The molecule has 0 amide bonds. The molecule has 0 unspecified atom stereocenters. The van der Waals surface area contributed by atoms with Crippen molar-refractivity contribution in [2.75, 3.05) is 11.9 Å². The fourth-order valence-corrected chi connectivity index (χ4v) is 2.25. The summed E-state index contributed by atoms with van der Waals surface area (Å²) in [5.41, 5.74) is 1.46. The van der Waals surface area contributed by atoms with E-state index in [1.165, 1.54) is 18.2 Å². The Labute approximate surface area is 142 Å². The number of rotatable bonds is 6. The van der Waals surface area contributed by atoms with Crippen molar-refractivity contribution >= 4 is 11.4 Å². The molecule has 0 aliphatic rings. The average molecular weight is 335 g/mol. The Hall–Kier alpha value is -3.73. The first kappa shape index (κ1) is 16.1. The minimum atomic E-state index is -0.534. The van der Waals surface area contributed by atoms with E-state index in [1.54, 1.807) is 0 Å². The van der Waals surface area contributed by atoms with Crippen molar-refractivity contribution in [1.29, 1.82) is 5.26 Å². The van der Waals surface area contributed by atoms with Crippen molar-refractivity contribution in [1.82, 2.24) is 10.2 Å². The minimum absolute atomic E-state index is 0.119. The molecule has 0 bridgehead atoms. The van der Waals surface area contributed by atoms with Crippen LogP contribution < -0.4 is 5.32 Å². The first-order valence-corrected chi connectivity index (χ1v) is 7.47. The predicted molar refractivity (Wildman–Crippen MR) is 89.7 cm³/mol. The lowest BCUT2D eigenvalue weighted by Gasteiger charge is -2.06. The highest BCUT2D eigenvalue weighted by molar-refractivity contribution is 5.61. The zero-order valence-corrected chi connectivity index (χ0v) is 13.0. The van der Waals surface area contributed by atoms with E-state index in [0.29, 0.717) is 30.4 Å². The fraction of sp³-hybridized carbons (Fsp3) is 0.118. The summed E-state index contributed by atoms with van der Waals surface area (Å²) in [6, 6.07) is 15.5. The van der Waals surface area contributed by atoms with Gasteiger partial charge in [0.1, 0.15) is 6.07 Å². The molecule has 0 aliphatic carbocycles. The Kier molecular flexibility index (Phi) is 4.67. The van der Waals surface area contributed by atoms with E-state index < -0.39 is 4.92 Å². The number of aromatic nitrogens is 2. The van der Waals surface area contributed by atoms with Crippen molar-refractivity contribution in [3.63, 3.8) is 0 Å². The summed E-state index contributed by atoms with van der Waals surface area (Å²) in [7, 11) is 0. The lowest BCUT2D eigenvalue weighted by atomic mass is 10.1. The molecule has 124 valence electrons. The highest BCUT2D eigenvalue weighted by Gasteiger charge is 2.11. The minimum Gasteiger partial charge on any atom is -0.421 e. The summed E-state index contributed by atoms with van der Waals surface area (Å²) in [4.78, 5) is 10.2. The number of hydrogen-bond acceptors (Lipinski definition) is 7. The molecule has 1 aromatic heterocycles. The number of benzene rings is 2. The molecular formula is C17H13N5O3. The molecule has 8 heteroatoms. The van der Waals surface area contributed by atoms with Crippen LogP contribution in [0.3, 0.4) is 0 Å². The molecule has 8 nitrogen and oxygen atoms in total. The van der Waals surface area contributed by atoms with E-state index in [9.17, 15) is 10.1 Å². The Morgan fingerprint density at radius 2 is 2.00 bits per heavy atom. The summed E-state index contributed by atoms with van der Waals surface area (Å²) >= 11 is 0. The smallest absolute Gasteiger partial charge is 0.270 e. The van der Waals surface area contributed by atoms with Gasteiger partial charge in [0.25, 0.3) is 5.69 Å². The van der Waals surface area contributed by atoms with Gasteiger partial charge in [-0.1, -0.05) is 18.2 Å². The van der Waals surface area contributed by atoms with Crippen LogP contribution in [0.4, 0.5) is 11.4 Å². The number of non-ortho nitro benzene ring substituents is 1. The maximum absolute atomic E-state index is 10.7. The standard InChI is InChI=1S/C17H13N5O3/c18-11-13-10-14(22(23)24)6-7-15(13)19-9-8-16-20-21-17(25-16)12-4-2-1-3-5-12/h1-7,10,19H,8-9H2. The molecule has 1 heterocycles. The molecule has 2 aromatic carbocycles. The van der Waals surface area contributed by atoms with Crippen molar-refractivity contribution < 1.29 is 9.34 Å². The van der Waals surface area contributed by atoms with Crippen molar-refractivity contribution in [3.8, 4) is 17.5 Å². The maximum atomic E-state index is 10.7. The third-order valence-electron chi connectivity index (χ3n) is 3.48. The summed E-state index contributed by atoms with van der Waals surface area (Å²) in [5.74, 6) is 0.912. The van der Waals surface area contributed by atoms with Gasteiger partial charge in [0.2, 0.25) is 11.8 Å². The average Bonchev–Trinajstić information content (AvgIpc) is 3.11. The first-order valence-electron chi connectivity index (χ1n) is 7.47. The second kappa shape index (κ2) is 7.23. The molecule has 0 fully saturated rings. The van der Waals surface area contributed by atoms with E-state index in [4.69, 9.17) is 9.68 Å². The maximum Gasteiger partial charge on any atom is 0.270 e. The number of nitrogens with zero attached hydrogens (tertiary/aromatic N) is 4. The van der Waals surface area contributed by atoms with Crippen LogP contribution in [0.5, 0.6) is 0 Å². The molecule has 0 spiro atoms. The third kappa shape index (κ3) is 3.79. The van der Waals surface area contributed by atoms with Crippen LogP contribution in [0.15, 0.2) is 52.9 Å². The molecule has 0 saturated carbocycles. The summed E-state index contributed by atoms with van der Waals surface area (Å²) in [5, 5.41) is 30.9. The van der Waals surface area contributed by atoms with Crippen LogP contribution >= 0.6 is 0 Å². The zero-order valence-electron chi connectivity index (χ0n) is 13.0. The second-order valence-corrected chi connectivity index (χ2v) is 5.14. The van der Waals surface area contributed by atoms with Crippen LogP contribution in [-0.2, 0) is 6.42 Å². The Morgan fingerprint density at radius 3 is 2.72 bits per heavy atom. The number of nitriles is 1. The number of nitro benzene ring substituents is 1. The number of nitrogens with one attached hydrogen (secondary N) is 1. The van der Waals surface area contributed by atoms with Gasteiger partial charge in [0, 0.05) is 30.7 Å². The molecule has 3 aromatic rings. The Bertz CT molecular complexity index is 931. The highest BCUT2D eigenvalue weighted by atomic mass is 16.6. The zero-order chi connectivity index (χ0) is 17.6. The quantitative estimate of drug-likeness (QED) is 0.543. The van der Waals surface area contributed by atoms with Crippen LogP contribution in [0.1, 0.15) is 11.5 Å². The van der Waals surface area contributed by atoms with Gasteiger partial charge in [0.05, 0.1) is 16.2 Å². The molecule has 1 N–H and O–H groups in total. The van der Waals surface area contributed by atoms with Crippen LogP contribution in [-0.4, -0.2) is 21.7 Å². The Morgan fingerprint density at radius 1 is 1.20 bits per heavy atom. The van der Waals surface area contributed by atoms with Gasteiger partial charge in [0.15, 0.2) is 0 Å². The summed E-state index contributed by atoms with van der Waals surface area (Å²) in [6.45, 7) is 0.447. The summed E-state index contributed by atoms with van der Waals surface area (Å²) in [6.07, 6.45) is 0.460. The number of anilines is 1. The van der Waals surface area contributed by atoms with Crippen molar-refractivity contribution in [2.24, 2.45) is 0 Å². The summed E-state index contributed by atoms with van der Waals surface area (Å²) < 4.78 is 5.60. The van der Waals surface area contributed by atoms with Crippen LogP contribution in [0, 0.1) is 21.4 Å². The van der Waals surface area contributed by atoms with Gasteiger partial charge in [-0.05, 0) is 18.2 Å². The topological polar surface area (TPSA) is 118 Å². The third-order valence-corrected chi connectivity index (χ3v) is 3.48. The van der Waals surface area contributed by atoms with Crippen LogP contribution in [0.25, 0.3) is 11.5 Å². The molecular weight excluding hydrogens is 322 g/mol. The number of hydrogen-bond donors (Lipinski definition) is 1. The van der Waals surface area contributed by atoms with E-state index in [1.807, 2.05) is 36.4 Å². The van der Waals surface area contributed by atoms with E-state index in [0.717, 1.165) is 5.56 Å². The van der Waals surface area contributed by atoms with E-state index in [-0.39, 0.29) is 11.3 Å². The second-order valence-electron chi connectivity index (χ2n) is 5.14. The van der Waals surface area contributed by atoms with Crippen LogP contribution in [0.2, 0.25) is 0 Å². The lowest BCUT2D eigenvalue weighted by molar-refractivity contribution is -0.384. The fourth-order valence-electron chi connectivity index (χ4n) is 2.25. The Balaban J connectivity index is 1.63. The van der Waals surface area contributed by atoms with Crippen molar-refractivity contribution in [3.05, 3.63) is 70.1 Å². The monoisotopic (exact) mass is 335 g/mol. The van der Waals surface area contributed by atoms with Gasteiger partial charge >= 0.3 is 0 Å². The molecule has 0 saturated heterocycles. The lowest BCUT2D eigenvalue weighted by Crippen LogP contribution is -2.06. The van der Waals surface area contributed by atoms with Gasteiger partial charge in [-0.2, -0.15) is 5.26 Å². The molecule has 3 rings (SSSR count). The highest BCUT2D eigenvalue weighted by Crippen LogP contribution is 2.21. The normalized spacial score (nSPS) is 10.2. The van der Waals surface area contributed by atoms with E-state index in [2.05, 4.69) is 15.5 Å². The van der Waals surface area contributed by atoms with Crippen molar-refractivity contribution in [2.45, 2.75) is 6.42 Å². The molecule has 0 aliphatic heterocycles.